The first-order valence-corrected chi connectivity index (χ1v) is 12.1. The molecule has 0 amide bonds. The molecule has 1 aliphatic rings. The predicted octanol–water partition coefficient (Wildman–Crippen LogP) is 5.78. The van der Waals surface area contributed by atoms with Crippen LogP contribution < -0.4 is 4.74 Å². The highest BCUT2D eigenvalue weighted by Crippen LogP contribution is 2.44. The van der Waals surface area contributed by atoms with Crippen LogP contribution in [-0.4, -0.2) is 30.6 Å². The smallest absolute Gasteiger partial charge is 0.218 e. The predicted molar refractivity (Wildman–Crippen MR) is 134 cm³/mol. The fourth-order valence-electron chi connectivity index (χ4n) is 4.60. The Labute approximate surface area is 208 Å². The van der Waals surface area contributed by atoms with Gasteiger partial charge in [-0.25, -0.2) is 4.98 Å². The lowest BCUT2D eigenvalue weighted by atomic mass is 9.83. The number of pyridine rings is 1. The van der Waals surface area contributed by atoms with Crippen molar-refractivity contribution in [2.24, 2.45) is 0 Å². The van der Waals surface area contributed by atoms with Crippen molar-refractivity contribution in [3.8, 4) is 5.88 Å². The van der Waals surface area contributed by atoms with E-state index in [1.165, 1.54) is 0 Å². The Morgan fingerprint density at radius 1 is 0.943 bits per heavy atom. The summed E-state index contributed by atoms with van der Waals surface area (Å²) in [5.74, 6) is -0.169. The van der Waals surface area contributed by atoms with Crippen LogP contribution in [0.2, 0.25) is 0 Å². The standard InChI is InChI=1S/C29H35NO5/c1-5-29(26-21-33-28(2,3)35-26,34-19-23-14-10-7-11-15-23)25-16-17-30-27(31-4)24(25)20-32-18-22-12-8-6-9-13-22/h6-17,26H,5,18-21H2,1-4H3. The molecule has 6 nitrogen and oxygen atoms in total. The first kappa shape index (κ1) is 25.3. The average molecular weight is 478 g/mol. The summed E-state index contributed by atoms with van der Waals surface area (Å²) in [5, 5.41) is 0. The molecule has 2 heterocycles. The molecule has 1 aliphatic heterocycles. The van der Waals surface area contributed by atoms with Gasteiger partial charge in [-0.05, 0) is 43.0 Å². The Morgan fingerprint density at radius 3 is 2.17 bits per heavy atom. The summed E-state index contributed by atoms with van der Waals surface area (Å²) in [4.78, 5) is 4.47. The van der Waals surface area contributed by atoms with E-state index in [0.29, 0.717) is 38.7 Å². The van der Waals surface area contributed by atoms with E-state index in [1.54, 1.807) is 13.3 Å². The maximum atomic E-state index is 6.79. The van der Waals surface area contributed by atoms with Gasteiger partial charge in [0.2, 0.25) is 5.88 Å². The van der Waals surface area contributed by atoms with Gasteiger partial charge in [0.15, 0.2) is 5.79 Å². The molecule has 2 aromatic carbocycles. The van der Waals surface area contributed by atoms with Crippen molar-refractivity contribution in [2.75, 3.05) is 13.7 Å². The van der Waals surface area contributed by atoms with E-state index in [0.717, 1.165) is 22.3 Å². The monoisotopic (exact) mass is 477 g/mol. The van der Waals surface area contributed by atoms with Crippen LogP contribution in [0.15, 0.2) is 72.9 Å². The quantitative estimate of drug-likeness (QED) is 0.349. The highest BCUT2D eigenvalue weighted by molar-refractivity contribution is 5.39. The van der Waals surface area contributed by atoms with E-state index in [4.69, 9.17) is 23.7 Å². The van der Waals surface area contributed by atoms with Crippen molar-refractivity contribution in [1.29, 1.82) is 0 Å². The third kappa shape index (κ3) is 5.90. The third-order valence-electron chi connectivity index (χ3n) is 6.42. The van der Waals surface area contributed by atoms with Gasteiger partial charge in [0.05, 0.1) is 33.5 Å². The summed E-state index contributed by atoms with van der Waals surface area (Å²) >= 11 is 0. The fraction of sp³-hybridized carbons (Fsp3) is 0.414. The summed E-state index contributed by atoms with van der Waals surface area (Å²) in [5.41, 5.74) is 3.21. The normalized spacial score (nSPS) is 18.8. The highest BCUT2D eigenvalue weighted by Gasteiger charge is 2.49. The summed E-state index contributed by atoms with van der Waals surface area (Å²) in [6.07, 6.45) is 2.11. The van der Waals surface area contributed by atoms with Gasteiger partial charge in [-0.15, -0.1) is 0 Å². The molecule has 1 fully saturated rings. The van der Waals surface area contributed by atoms with Crippen molar-refractivity contribution in [3.05, 3.63) is 95.2 Å². The van der Waals surface area contributed by atoms with Crippen LogP contribution in [-0.2, 0) is 44.4 Å². The average Bonchev–Trinajstić information content (AvgIpc) is 3.26. The summed E-state index contributed by atoms with van der Waals surface area (Å²) in [6, 6.07) is 22.3. The molecule has 1 aromatic heterocycles. The number of benzene rings is 2. The van der Waals surface area contributed by atoms with Gasteiger partial charge in [0.25, 0.3) is 0 Å². The van der Waals surface area contributed by atoms with Crippen LogP contribution in [0.3, 0.4) is 0 Å². The molecule has 0 N–H and O–H groups in total. The van der Waals surface area contributed by atoms with Crippen molar-refractivity contribution in [3.63, 3.8) is 0 Å². The molecule has 0 radical (unpaired) electrons. The first-order chi connectivity index (χ1) is 17.0. The second-order valence-corrected chi connectivity index (χ2v) is 9.16. The minimum atomic E-state index is -0.786. The van der Waals surface area contributed by atoms with Crippen molar-refractivity contribution < 1.29 is 23.7 Å². The highest BCUT2D eigenvalue weighted by atomic mass is 16.8. The molecule has 6 heteroatoms. The summed E-state index contributed by atoms with van der Waals surface area (Å²) in [6.45, 7) is 7.64. The van der Waals surface area contributed by atoms with E-state index in [1.807, 2.05) is 68.4 Å². The maximum Gasteiger partial charge on any atom is 0.218 e. The van der Waals surface area contributed by atoms with Gasteiger partial charge in [-0.2, -0.15) is 0 Å². The zero-order chi connectivity index (χ0) is 24.7. The van der Waals surface area contributed by atoms with Crippen molar-refractivity contribution in [2.45, 2.75) is 64.5 Å². The zero-order valence-electron chi connectivity index (χ0n) is 21.0. The lowest BCUT2D eigenvalue weighted by Crippen LogP contribution is -2.45. The number of hydrogen-bond acceptors (Lipinski definition) is 6. The largest absolute Gasteiger partial charge is 0.481 e. The zero-order valence-corrected chi connectivity index (χ0v) is 21.0. The number of aromatic nitrogens is 1. The molecular formula is C29H35NO5. The molecule has 0 bridgehead atoms. The number of rotatable bonds is 11. The van der Waals surface area contributed by atoms with E-state index in [9.17, 15) is 0 Å². The van der Waals surface area contributed by atoms with Crippen LogP contribution >= 0.6 is 0 Å². The first-order valence-electron chi connectivity index (χ1n) is 12.1. The van der Waals surface area contributed by atoms with E-state index in [-0.39, 0.29) is 6.10 Å². The van der Waals surface area contributed by atoms with Crippen LogP contribution in [0.25, 0.3) is 0 Å². The lowest BCUT2D eigenvalue weighted by Gasteiger charge is -2.39. The van der Waals surface area contributed by atoms with Crippen LogP contribution in [0, 0.1) is 0 Å². The Morgan fingerprint density at radius 2 is 1.60 bits per heavy atom. The SMILES string of the molecule is CCC(OCc1ccccc1)(c1ccnc(OC)c1COCc1ccccc1)C1COC(C)(C)O1. The molecule has 3 aromatic rings. The molecule has 0 aliphatic carbocycles. The molecule has 186 valence electrons. The summed E-state index contributed by atoms with van der Waals surface area (Å²) in [7, 11) is 1.63. The van der Waals surface area contributed by atoms with Crippen molar-refractivity contribution in [1.82, 2.24) is 4.98 Å². The minimum Gasteiger partial charge on any atom is -0.481 e. The Kier molecular flexibility index (Phi) is 8.19. The van der Waals surface area contributed by atoms with Gasteiger partial charge in [0, 0.05) is 11.8 Å². The van der Waals surface area contributed by atoms with Crippen molar-refractivity contribution >= 4 is 0 Å². The molecule has 35 heavy (non-hydrogen) atoms. The Bertz CT molecular complexity index is 1070. The fourth-order valence-corrected chi connectivity index (χ4v) is 4.60. The number of ether oxygens (including phenoxy) is 5. The van der Waals surface area contributed by atoms with Gasteiger partial charge in [-0.1, -0.05) is 67.6 Å². The molecule has 0 saturated carbocycles. The summed E-state index contributed by atoms with van der Waals surface area (Å²) < 4.78 is 31.0. The molecule has 2 unspecified atom stereocenters. The van der Waals surface area contributed by atoms with Gasteiger partial charge in [0.1, 0.15) is 11.7 Å². The number of methoxy groups -OCH3 is 1. The molecule has 0 spiro atoms. The molecule has 4 rings (SSSR count). The minimum absolute atomic E-state index is 0.314. The number of nitrogens with zero attached hydrogens (tertiary/aromatic N) is 1. The number of hydrogen-bond donors (Lipinski definition) is 0. The Balaban J connectivity index is 1.69. The van der Waals surface area contributed by atoms with Gasteiger partial charge in [-0.3, -0.25) is 0 Å². The maximum absolute atomic E-state index is 6.79. The molecule has 2 atom stereocenters. The van der Waals surface area contributed by atoms with E-state index >= 15 is 0 Å². The second-order valence-electron chi connectivity index (χ2n) is 9.16. The lowest BCUT2D eigenvalue weighted by molar-refractivity contribution is -0.192. The van der Waals surface area contributed by atoms with Crippen LogP contribution in [0.1, 0.15) is 49.4 Å². The second kappa shape index (κ2) is 11.3. The van der Waals surface area contributed by atoms with E-state index in [2.05, 4.69) is 24.0 Å². The third-order valence-corrected chi connectivity index (χ3v) is 6.42. The molecular weight excluding hydrogens is 442 g/mol. The molecule has 1 saturated heterocycles. The van der Waals surface area contributed by atoms with Crippen LogP contribution in [0.4, 0.5) is 0 Å². The van der Waals surface area contributed by atoms with Gasteiger partial charge >= 0.3 is 0 Å². The Hall–Kier alpha value is -2.77. The van der Waals surface area contributed by atoms with Gasteiger partial charge < -0.3 is 23.7 Å². The van der Waals surface area contributed by atoms with Crippen LogP contribution in [0.5, 0.6) is 5.88 Å². The van der Waals surface area contributed by atoms with E-state index < -0.39 is 11.4 Å². The topological polar surface area (TPSA) is 59.0 Å².